The molecule has 1 aromatic rings. The van der Waals surface area contributed by atoms with Gasteiger partial charge in [-0.1, -0.05) is 0 Å². The summed E-state index contributed by atoms with van der Waals surface area (Å²) in [5, 5.41) is 0. The molecule has 0 N–H and O–H groups in total. The van der Waals surface area contributed by atoms with Crippen molar-refractivity contribution in [3.8, 4) is 0 Å². The van der Waals surface area contributed by atoms with Crippen LogP contribution in [-0.4, -0.2) is 53.0 Å². The molecule has 0 aromatic carbocycles. The highest BCUT2D eigenvalue weighted by Gasteiger charge is 2.40. The van der Waals surface area contributed by atoms with Crippen molar-refractivity contribution in [1.29, 1.82) is 0 Å². The molecule has 0 aliphatic carbocycles. The molecule has 2 aliphatic rings. The van der Waals surface area contributed by atoms with E-state index in [9.17, 15) is 9.59 Å². The van der Waals surface area contributed by atoms with Gasteiger partial charge < -0.3 is 19.0 Å². The highest BCUT2D eigenvalue weighted by Crippen LogP contribution is 2.25. The summed E-state index contributed by atoms with van der Waals surface area (Å²) in [5.41, 5.74) is 0. The highest BCUT2D eigenvalue weighted by molar-refractivity contribution is 5.91. The number of hydrogen-bond donors (Lipinski definition) is 0. The quantitative estimate of drug-likeness (QED) is 0.850. The Labute approximate surface area is 136 Å². The van der Waals surface area contributed by atoms with Crippen molar-refractivity contribution in [3.05, 3.63) is 23.7 Å². The number of rotatable bonds is 3. The van der Waals surface area contributed by atoms with E-state index in [2.05, 4.69) is 0 Å². The van der Waals surface area contributed by atoms with Crippen LogP contribution in [0.4, 0.5) is 0 Å². The minimum Gasteiger partial charge on any atom is -0.464 e. The average Bonchev–Trinajstić information content (AvgIpc) is 3.05. The van der Waals surface area contributed by atoms with Crippen LogP contribution in [-0.2, 0) is 20.9 Å². The summed E-state index contributed by atoms with van der Waals surface area (Å²) >= 11 is 0. The lowest BCUT2D eigenvalue weighted by Crippen LogP contribution is -2.54. The second kappa shape index (κ2) is 6.35. The zero-order valence-corrected chi connectivity index (χ0v) is 13.9. The molecule has 0 radical (unpaired) electrons. The Morgan fingerprint density at radius 1 is 1.26 bits per heavy atom. The first-order chi connectivity index (χ1) is 10.9. The van der Waals surface area contributed by atoms with Gasteiger partial charge in [0.15, 0.2) is 0 Å². The largest absolute Gasteiger partial charge is 0.464 e. The molecule has 0 unspecified atom stereocenters. The molecule has 1 aromatic heterocycles. The monoisotopic (exact) mass is 320 g/mol. The van der Waals surface area contributed by atoms with Gasteiger partial charge in [-0.15, -0.1) is 0 Å². The van der Waals surface area contributed by atoms with Crippen molar-refractivity contribution < 1.29 is 18.7 Å². The smallest absolute Gasteiger partial charge is 0.245 e. The SMILES string of the molecule is Cc1ccc(CN2C(=O)CC[C@@H]2C(=O)N2C[C@@H](C)O[C@H](C)C2)o1. The lowest BCUT2D eigenvalue weighted by atomic mass is 10.1. The third-order valence-corrected chi connectivity index (χ3v) is 4.47. The molecule has 2 amide bonds. The number of likely N-dealkylation sites (tertiary alicyclic amines) is 1. The molecule has 3 heterocycles. The van der Waals surface area contributed by atoms with E-state index in [-0.39, 0.29) is 30.1 Å². The Kier molecular flexibility index (Phi) is 4.43. The first kappa shape index (κ1) is 16.1. The fraction of sp³-hybridized carbons (Fsp3) is 0.647. The first-order valence-electron chi connectivity index (χ1n) is 8.23. The lowest BCUT2D eigenvalue weighted by Gasteiger charge is -2.38. The summed E-state index contributed by atoms with van der Waals surface area (Å²) < 4.78 is 11.2. The fourth-order valence-corrected chi connectivity index (χ4v) is 3.50. The summed E-state index contributed by atoms with van der Waals surface area (Å²) in [5.74, 6) is 1.58. The summed E-state index contributed by atoms with van der Waals surface area (Å²) in [6.07, 6.45) is 1.06. The van der Waals surface area contributed by atoms with Gasteiger partial charge in [-0.2, -0.15) is 0 Å². The van der Waals surface area contributed by atoms with E-state index in [0.717, 1.165) is 11.5 Å². The second-order valence-electron chi connectivity index (χ2n) is 6.59. The lowest BCUT2D eigenvalue weighted by molar-refractivity contribution is -0.150. The van der Waals surface area contributed by atoms with Gasteiger partial charge in [0.25, 0.3) is 0 Å². The molecular formula is C17H24N2O4. The molecule has 0 bridgehead atoms. The maximum Gasteiger partial charge on any atom is 0.245 e. The zero-order valence-electron chi connectivity index (χ0n) is 13.9. The summed E-state index contributed by atoms with van der Waals surface area (Å²) in [7, 11) is 0. The molecular weight excluding hydrogens is 296 g/mol. The van der Waals surface area contributed by atoms with E-state index in [1.165, 1.54) is 0 Å². The number of morpholine rings is 1. The standard InChI is InChI=1S/C17H24N2O4/c1-11-4-5-14(23-11)10-19-15(6-7-16(19)20)17(21)18-8-12(2)22-13(3)9-18/h4-5,12-13,15H,6-10H2,1-3H3/t12-,13-,15-/m1/s1. The molecule has 2 saturated heterocycles. The number of amides is 2. The second-order valence-corrected chi connectivity index (χ2v) is 6.59. The van der Waals surface area contributed by atoms with Crippen LogP contribution < -0.4 is 0 Å². The van der Waals surface area contributed by atoms with Gasteiger partial charge in [-0.25, -0.2) is 0 Å². The van der Waals surface area contributed by atoms with Gasteiger partial charge in [-0.05, 0) is 39.3 Å². The third-order valence-electron chi connectivity index (χ3n) is 4.47. The van der Waals surface area contributed by atoms with Crippen LogP contribution in [0.15, 0.2) is 16.5 Å². The van der Waals surface area contributed by atoms with E-state index in [1.807, 2.05) is 37.8 Å². The third kappa shape index (κ3) is 3.42. The summed E-state index contributed by atoms with van der Waals surface area (Å²) in [6.45, 7) is 7.34. The van der Waals surface area contributed by atoms with Crippen molar-refractivity contribution in [2.45, 2.75) is 58.4 Å². The number of carbonyl (C=O) groups is 2. The molecule has 0 spiro atoms. The maximum atomic E-state index is 12.9. The van der Waals surface area contributed by atoms with Gasteiger partial charge in [0.2, 0.25) is 11.8 Å². The molecule has 126 valence electrons. The molecule has 3 rings (SSSR count). The van der Waals surface area contributed by atoms with Crippen LogP contribution in [0.2, 0.25) is 0 Å². The van der Waals surface area contributed by atoms with Crippen molar-refractivity contribution >= 4 is 11.8 Å². The number of aryl methyl sites for hydroxylation is 1. The molecule has 23 heavy (non-hydrogen) atoms. The highest BCUT2D eigenvalue weighted by atomic mass is 16.5. The van der Waals surface area contributed by atoms with E-state index < -0.39 is 0 Å². The number of nitrogens with zero attached hydrogens (tertiary/aromatic N) is 2. The number of carbonyl (C=O) groups excluding carboxylic acids is 2. The Balaban J connectivity index is 1.72. The molecule has 2 aliphatic heterocycles. The van der Waals surface area contributed by atoms with Gasteiger partial charge in [0.1, 0.15) is 17.6 Å². The van der Waals surface area contributed by atoms with E-state index in [4.69, 9.17) is 9.15 Å². The van der Waals surface area contributed by atoms with Crippen molar-refractivity contribution in [2.24, 2.45) is 0 Å². The molecule has 2 fully saturated rings. The molecule has 3 atom stereocenters. The first-order valence-corrected chi connectivity index (χ1v) is 8.23. The van der Waals surface area contributed by atoms with Crippen LogP contribution in [0.3, 0.4) is 0 Å². The van der Waals surface area contributed by atoms with Crippen molar-refractivity contribution in [1.82, 2.24) is 9.80 Å². The summed E-state index contributed by atoms with van der Waals surface area (Å²) in [6, 6.07) is 3.35. The van der Waals surface area contributed by atoms with Crippen LogP contribution in [0.5, 0.6) is 0 Å². The number of hydrogen-bond acceptors (Lipinski definition) is 4. The van der Waals surface area contributed by atoms with Crippen LogP contribution in [0, 0.1) is 6.92 Å². The van der Waals surface area contributed by atoms with Crippen LogP contribution in [0.1, 0.15) is 38.2 Å². The van der Waals surface area contributed by atoms with Crippen LogP contribution >= 0.6 is 0 Å². The Bertz CT molecular complexity index is 587. The predicted molar refractivity (Wildman–Crippen MR) is 83.6 cm³/mol. The maximum absolute atomic E-state index is 12.9. The number of ether oxygens (including phenoxy) is 1. The van der Waals surface area contributed by atoms with E-state index in [0.29, 0.717) is 32.5 Å². The Morgan fingerprint density at radius 2 is 1.96 bits per heavy atom. The van der Waals surface area contributed by atoms with Gasteiger partial charge >= 0.3 is 0 Å². The van der Waals surface area contributed by atoms with Gasteiger partial charge in [-0.3, -0.25) is 9.59 Å². The predicted octanol–water partition coefficient (Wildman–Crippen LogP) is 1.71. The topological polar surface area (TPSA) is 63.0 Å². The van der Waals surface area contributed by atoms with Gasteiger partial charge in [0.05, 0.1) is 18.8 Å². The zero-order chi connectivity index (χ0) is 16.6. The Hall–Kier alpha value is -1.82. The molecule has 6 nitrogen and oxygen atoms in total. The van der Waals surface area contributed by atoms with Crippen LogP contribution in [0.25, 0.3) is 0 Å². The fourth-order valence-electron chi connectivity index (χ4n) is 3.50. The minimum absolute atomic E-state index is 0.0201. The molecule has 6 heteroatoms. The normalized spacial score (nSPS) is 28.5. The Morgan fingerprint density at radius 3 is 2.57 bits per heavy atom. The minimum atomic E-state index is -0.384. The van der Waals surface area contributed by atoms with E-state index in [1.54, 1.807) is 4.90 Å². The average molecular weight is 320 g/mol. The summed E-state index contributed by atoms with van der Waals surface area (Å²) in [4.78, 5) is 28.6. The van der Waals surface area contributed by atoms with E-state index >= 15 is 0 Å². The number of furan rings is 1. The van der Waals surface area contributed by atoms with Gasteiger partial charge in [0, 0.05) is 19.5 Å². The van der Waals surface area contributed by atoms with Crippen molar-refractivity contribution in [2.75, 3.05) is 13.1 Å². The van der Waals surface area contributed by atoms with Crippen molar-refractivity contribution in [3.63, 3.8) is 0 Å². The molecule has 0 saturated carbocycles.